The van der Waals surface area contributed by atoms with Crippen LogP contribution in [0.3, 0.4) is 0 Å². The minimum absolute atomic E-state index is 0.202. The molecule has 1 atom stereocenters. The van der Waals surface area contributed by atoms with Crippen molar-refractivity contribution in [2.24, 2.45) is 0 Å². The Morgan fingerprint density at radius 1 is 1.50 bits per heavy atom. The molecule has 0 bridgehead atoms. The maximum Gasteiger partial charge on any atom is 0.228 e. The van der Waals surface area contributed by atoms with Crippen LogP contribution in [0.15, 0.2) is 24.4 Å². The summed E-state index contributed by atoms with van der Waals surface area (Å²) >= 11 is 0. The fourth-order valence-corrected chi connectivity index (χ4v) is 2.54. The normalized spacial score (nSPS) is 19.8. The first-order chi connectivity index (χ1) is 8.81. The summed E-state index contributed by atoms with van der Waals surface area (Å²) in [5.74, 6) is 0.202. The predicted molar refractivity (Wildman–Crippen MR) is 71.2 cm³/mol. The minimum atomic E-state index is 0.202. The maximum atomic E-state index is 12.3. The van der Waals surface area contributed by atoms with Crippen molar-refractivity contribution < 1.29 is 4.79 Å². The lowest BCUT2D eigenvalue weighted by Crippen LogP contribution is -2.48. The molecule has 0 aromatic carbocycles. The number of amides is 1. The third-order valence-corrected chi connectivity index (χ3v) is 3.45. The lowest BCUT2D eigenvalue weighted by molar-refractivity contribution is -0.134. The zero-order chi connectivity index (χ0) is 12.8. The van der Waals surface area contributed by atoms with Gasteiger partial charge in [-0.1, -0.05) is 6.07 Å². The Bertz CT molecular complexity index is 378. The number of piperidine rings is 1. The van der Waals surface area contributed by atoms with Crippen molar-refractivity contribution in [2.45, 2.75) is 31.7 Å². The van der Waals surface area contributed by atoms with Gasteiger partial charge in [-0.05, 0) is 38.4 Å². The zero-order valence-corrected chi connectivity index (χ0v) is 10.9. The van der Waals surface area contributed by atoms with Gasteiger partial charge in [0.05, 0.1) is 6.42 Å². The van der Waals surface area contributed by atoms with Crippen LogP contribution in [0.25, 0.3) is 0 Å². The molecular formula is C14H21N3O. The molecule has 1 aromatic heterocycles. The molecule has 0 radical (unpaired) electrons. The number of carbonyl (C=O) groups excluding carboxylic acids is 1. The molecule has 1 aromatic rings. The van der Waals surface area contributed by atoms with E-state index in [1.807, 2.05) is 30.1 Å². The second-order valence-electron chi connectivity index (χ2n) is 4.79. The summed E-state index contributed by atoms with van der Waals surface area (Å²) in [6, 6.07) is 6.06. The highest BCUT2D eigenvalue weighted by Gasteiger charge is 2.25. The summed E-state index contributed by atoms with van der Waals surface area (Å²) in [5.41, 5.74) is 0.858. The number of likely N-dealkylation sites (tertiary alicyclic amines) is 1. The van der Waals surface area contributed by atoms with Crippen LogP contribution >= 0.6 is 0 Å². The number of nitrogens with zero attached hydrogens (tertiary/aromatic N) is 2. The fourth-order valence-electron chi connectivity index (χ4n) is 2.54. The van der Waals surface area contributed by atoms with Gasteiger partial charge in [-0.2, -0.15) is 0 Å². The summed E-state index contributed by atoms with van der Waals surface area (Å²) in [6.07, 6.45) is 5.60. The zero-order valence-electron chi connectivity index (χ0n) is 10.9. The van der Waals surface area contributed by atoms with E-state index in [0.29, 0.717) is 12.5 Å². The van der Waals surface area contributed by atoms with E-state index in [1.165, 1.54) is 6.42 Å². The van der Waals surface area contributed by atoms with E-state index >= 15 is 0 Å². The van der Waals surface area contributed by atoms with Gasteiger partial charge in [-0.3, -0.25) is 9.78 Å². The Kier molecular flexibility index (Phi) is 4.70. The maximum absolute atomic E-state index is 12.3. The van der Waals surface area contributed by atoms with E-state index in [2.05, 4.69) is 10.3 Å². The van der Waals surface area contributed by atoms with Gasteiger partial charge in [-0.15, -0.1) is 0 Å². The van der Waals surface area contributed by atoms with Crippen molar-refractivity contribution in [3.05, 3.63) is 30.1 Å². The monoisotopic (exact) mass is 247 g/mol. The van der Waals surface area contributed by atoms with Crippen molar-refractivity contribution in [1.29, 1.82) is 0 Å². The molecule has 1 aliphatic heterocycles. The predicted octanol–water partition coefficient (Wildman–Crippen LogP) is 1.22. The smallest absolute Gasteiger partial charge is 0.228 e. The van der Waals surface area contributed by atoms with Crippen molar-refractivity contribution in [3.8, 4) is 0 Å². The van der Waals surface area contributed by atoms with Gasteiger partial charge < -0.3 is 10.2 Å². The number of hydrogen-bond acceptors (Lipinski definition) is 3. The molecule has 0 saturated carbocycles. The second kappa shape index (κ2) is 6.50. The molecule has 2 rings (SSSR count). The highest BCUT2D eigenvalue weighted by Crippen LogP contribution is 2.17. The Hall–Kier alpha value is -1.42. The first kappa shape index (κ1) is 13.0. The van der Waals surface area contributed by atoms with Crippen LogP contribution in [0, 0.1) is 0 Å². The molecule has 4 nitrogen and oxygen atoms in total. The third kappa shape index (κ3) is 3.29. The molecule has 0 aliphatic carbocycles. The molecule has 98 valence electrons. The molecule has 1 N–H and O–H groups in total. The van der Waals surface area contributed by atoms with Crippen LogP contribution in [-0.4, -0.2) is 42.0 Å². The number of nitrogens with one attached hydrogen (secondary N) is 1. The lowest BCUT2D eigenvalue weighted by Gasteiger charge is -2.35. The summed E-state index contributed by atoms with van der Waals surface area (Å²) in [4.78, 5) is 18.6. The van der Waals surface area contributed by atoms with E-state index in [-0.39, 0.29) is 5.91 Å². The molecule has 4 heteroatoms. The van der Waals surface area contributed by atoms with E-state index in [0.717, 1.165) is 31.6 Å². The molecular weight excluding hydrogens is 226 g/mol. The van der Waals surface area contributed by atoms with Gasteiger partial charge in [0.2, 0.25) is 5.91 Å². The van der Waals surface area contributed by atoms with Crippen molar-refractivity contribution in [1.82, 2.24) is 15.2 Å². The molecule has 18 heavy (non-hydrogen) atoms. The fraction of sp³-hybridized carbons (Fsp3) is 0.571. The van der Waals surface area contributed by atoms with E-state index in [1.54, 1.807) is 6.20 Å². The third-order valence-electron chi connectivity index (χ3n) is 3.45. The molecule has 1 fully saturated rings. The van der Waals surface area contributed by atoms with Crippen molar-refractivity contribution >= 4 is 5.91 Å². The molecule has 1 unspecified atom stereocenters. The van der Waals surface area contributed by atoms with Gasteiger partial charge >= 0.3 is 0 Å². The van der Waals surface area contributed by atoms with Gasteiger partial charge in [0, 0.05) is 31.0 Å². The Labute approximate surface area is 108 Å². The van der Waals surface area contributed by atoms with Crippen LogP contribution in [-0.2, 0) is 11.2 Å². The molecule has 0 spiro atoms. The molecule has 1 aliphatic rings. The number of rotatable bonds is 4. The quantitative estimate of drug-likeness (QED) is 0.870. The van der Waals surface area contributed by atoms with Gasteiger partial charge in [0.1, 0.15) is 0 Å². The highest BCUT2D eigenvalue weighted by atomic mass is 16.2. The van der Waals surface area contributed by atoms with Crippen LogP contribution in [0.4, 0.5) is 0 Å². The summed E-state index contributed by atoms with van der Waals surface area (Å²) in [5, 5.41) is 3.18. The Morgan fingerprint density at radius 3 is 3.11 bits per heavy atom. The summed E-state index contributed by atoms with van der Waals surface area (Å²) in [6.45, 7) is 1.77. The SMILES string of the molecule is CNCC1CCCCN1C(=O)Cc1ccccn1. The van der Waals surface area contributed by atoms with Crippen LogP contribution in [0.1, 0.15) is 25.0 Å². The molecule has 2 heterocycles. The van der Waals surface area contributed by atoms with Crippen LogP contribution < -0.4 is 5.32 Å². The number of pyridine rings is 1. The number of likely N-dealkylation sites (N-methyl/N-ethyl adjacent to an activating group) is 1. The molecule has 1 saturated heterocycles. The second-order valence-corrected chi connectivity index (χ2v) is 4.79. The highest BCUT2D eigenvalue weighted by molar-refractivity contribution is 5.78. The first-order valence-corrected chi connectivity index (χ1v) is 6.65. The van der Waals surface area contributed by atoms with Gasteiger partial charge in [0.15, 0.2) is 0 Å². The summed E-state index contributed by atoms with van der Waals surface area (Å²) < 4.78 is 0. The molecule has 1 amide bonds. The largest absolute Gasteiger partial charge is 0.338 e. The standard InChI is InChI=1S/C14H21N3O/c1-15-11-13-7-3-5-9-17(13)14(18)10-12-6-2-4-8-16-12/h2,4,6,8,13,15H,3,5,7,9-11H2,1H3. The minimum Gasteiger partial charge on any atom is -0.338 e. The number of aromatic nitrogens is 1. The first-order valence-electron chi connectivity index (χ1n) is 6.65. The Morgan fingerprint density at radius 2 is 2.39 bits per heavy atom. The number of carbonyl (C=O) groups is 1. The summed E-state index contributed by atoms with van der Waals surface area (Å²) in [7, 11) is 1.94. The van der Waals surface area contributed by atoms with Gasteiger partial charge in [-0.25, -0.2) is 0 Å². The van der Waals surface area contributed by atoms with E-state index in [4.69, 9.17) is 0 Å². The van der Waals surface area contributed by atoms with Crippen LogP contribution in [0.5, 0.6) is 0 Å². The Balaban J connectivity index is 1.98. The average molecular weight is 247 g/mol. The van der Waals surface area contributed by atoms with Crippen LogP contribution in [0.2, 0.25) is 0 Å². The van der Waals surface area contributed by atoms with E-state index in [9.17, 15) is 4.79 Å². The van der Waals surface area contributed by atoms with Crippen molar-refractivity contribution in [2.75, 3.05) is 20.1 Å². The van der Waals surface area contributed by atoms with Gasteiger partial charge in [0.25, 0.3) is 0 Å². The topological polar surface area (TPSA) is 45.2 Å². The average Bonchev–Trinajstić information content (AvgIpc) is 2.41. The van der Waals surface area contributed by atoms with Crippen molar-refractivity contribution in [3.63, 3.8) is 0 Å². The lowest BCUT2D eigenvalue weighted by atomic mass is 10.0. The number of hydrogen-bond donors (Lipinski definition) is 1. The van der Waals surface area contributed by atoms with E-state index < -0.39 is 0 Å².